The van der Waals surface area contributed by atoms with E-state index in [0.717, 1.165) is 0 Å². The molecule has 1 aliphatic rings. The van der Waals surface area contributed by atoms with Gasteiger partial charge in [0.1, 0.15) is 11.6 Å². The SMILES string of the molecule is Cc1cc(NC(=O)COc2ccc(C3SCCCS3)cc2)n(-c2ccc([N+](=O)[O-])cc2)n1. The van der Waals surface area contributed by atoms with Crippen LogP contribution >= 0.6 is 23.5 Å². The molecule has 0 aliphatic carbocycles. The Bertz CT molecular complexity index is 1090. The number of hydrogen-bond donors (Lipinski definition) is 1. The molecule has 8 nitrogen and oxygen atoms in total. The van der Waals surface area contributed by atoms with E-state index >= 15 is 0 Å². The normalized spacial score (nSPS) is 14.2. The molecule has 1 N–H and O–H groups in total. The van der Waals surface area contributed by atoms with Crippen LogP contribution in [0.5, 0.6) is 5.75 Å². The minimum absolute atomic E-state index is 0.0108. The summed E-state index contributed by atoms with van der Waals surface area (Å²) in [5, 5.41) is 18.0. The zero-order valence-corrected chi connectivity index (χ0v) is 19.0. The van der Waals surface area contributed by atoms with Crippen molar-refractivity contribution in [2.45, 2.75) is 17.9 Å². The number of carbonyl (C=O) groups is 1. The Morgan fingerprint density at radius 1 is 1.19 bits per heavy atom. The van der Waals surface area contributed by atoms with Gasteiger partial charge in [0.2, 0.25) is 0 Å². The van der Waals surface area contributed by atoms with Crippen molar-refractivity contribution in [3.8, 4) is 11.4 Å². The highest BCUT2D eigenvalue weighted by Gasteiger charge is 2.17. The van der Waals surface area contributed by atoms with Crippen molar-refractivity contribution in [2.75, 3.05) is 23.4 Å². The van der Waals surface area contributed by atoms with Gasteiger partial charge in [-0.2, -0.15) is 5.10 Å². The predicted molar refractivity (Wildman–Crippen MR) is 128 cm³/mol. The molecule has 1 aliphatic heterocycles. The molecule has 2 heterocycles. The summed E-state index contributed by atoms with van der Waals surface area (Å²) in [5.74, 6) is 3.15. The van der Waals surface area contributed by atoms with Gasteiger partial charge in [0.25, 0.3) is 11.6 Å². The lowest BCUT2D eigenvalue weighted by Crippen LogP contribution is -2.21. The lowest BCUT2D eigenvalue weighted by molar-refractivity contribution is -0.384. The molecule has 0 spiro atoms. The number of amides is 1. The summed E-state index contributed by atoms with van der Waals surface area (Å²) >= 11 is 3.92. The number of anilines is 1. The molecular formula is C22H22N4O4S2. The highest BCUT2D eigenvalue weighted by Crippen LogP contribution is 2.43. The van der Waals surface area contributed by atoms with Gasteiger partial charge in [0.05, 0.1) is 20.9 Å². The van der Waals surface area contributed by atoms with Crippen molar-refractivity contribution in [3.63, 3.8) is 0 Å². The van der Waals surface area contributed by atoms with E-state index in [9.17, 15) is 14.9 Å². The smallest absolute Gasteiger partial charge is 0.269 e. The lowest BCUT2D eigenvalue weighted by atomic mass is 10.2. The maximum Gasteiger partial charge on any atom is 0.269 e. The van der Waals surface area contributed by atoms with Crippen LogP contribution in [0.1, 0.15) is 22.3 Å². The minimum Gasteiger partial charge on any atom is -0.484 e. The summed E-state index contributed by atoms with van der Waals surface area (Å²) in [6.07, 6.45) is 1.25. The van der Waals surface area contributed by atoms with E-state index in [-0.39, 0.29) is 18.2 Å². The molecule has 0 atom stereocenters. The van der Waals surface area contributed by atoms with E-state index in [1.165, 1.54) is 40.3 Å². The summed E-state index contributed by atoms with van der Waals surface area (Å²) in [6, 6.07) is 15.6. The first-order valence-corrected chi connectivity index (χ1v) is 12.2. The van der Waals surface area contributed by atoms with Gasteiger partial charge in [-0.15, -0.1) is 23.5 Å². The third kappa shape index (κ3) is 5.43. The summed E-state index contributed by atoms with van der Waals surface area (Å²) in [7, 11) is 0. The maximum atomic E-state index is 12.5. The number of carbonyl (C=O) groups excluding carboxylic acids is 1. The Morgan fingerprint density at radius 2 is 1.88 bits per heavy atom. The zero-order chi connectivity index (χ0) is 22.5. The topological polar surface area (TPSA) is 99.3 Å². The first-order chi connectivity index (χ1) is 15.5. The van der Waals surface area contributed by atoms with E-state index in [1.54, 1.807) is 25.1 Å². The number of aryl methyl sites for hydroxylation is 1. The molecule has 0 unspecified atom stereocenters. The predicted octanol–water partition coefficient (Wildman–Crippen LogP) is 4.98. The maximum absolute atomic E-state index is 12.5. The van der Waals surface area contributed by atoms with Crippen LogP contribution in [0.2, 0.25) is 0 Å². The molecule has 1 aromatic heterocycles. The van der Waals surface area contributed by atoms with Crippen molar-refractivity contribution < 1.29 is 14.5 Å². The van der Waals surface area contributed by atoms with E-state index in [1.807, 2.05) is 35.7 Å². The van der Waals surface area contributed by atoms with Gasteiger partial charge < -0.3 is 10.1 Å². The Morgan fingerprint density at radius 3 is 2.53 bits per heavy atom. The summed E-state index contributed by atoms with van der Waals surface area (Å²) in [5.41, 5.74) is 2.56. The molecule has 32 heavy (non-hydrogen) atoms. The standard InChI is InChI=1S/C22H22N4O4S2/c1-15-13-20(25(24-15)17-5-7-18(8-6-17)26(28)29)23-21(27)14-30-19-9-3-16(4-10-19)22-31-11-2-12-32-22/h3-10,13,22H,2,11-12,14H2,1H3,(H,23,27). The number of nitrogens with one attached hydrogen (secondary N) is 1. The van der Waals surface area contributed by atoms with E-state index < -0.39 is 4.92 Å². The average molecular weight is 471 g/mol. The molecule has 4 rings (SSSR count). The number of thioether (sulfide) groups is 2. The van der Waals surface area contributed by atoms with Crippen molar-refractivity contribution in [3.05, 3.63) is 76.0 Å². The molecule has 2 aromatic carbocycles. The van der Waals surface area contributed by atoms with Crippen molar-refractivity contribution >= 4 is 40.9 Å². The highest BCUT2D eigenvalue weighted by molar-refractivity contribution is 8.16. The number of nitrogens with zero attached hydrogens (tertiary/aromatic N) is 3. The van der Waals surface area contributed by atoms with Crippen molar-refractivity contribution in [1.82, 2.24) is 9.78 Å². The number of nitro benzene ring substituents is 1. The van der Waals surface area contributed by atoms with Crippen LogP contribution in [0.25, 0.3) is 5.69 Å². The first kappa shape index (κ1) is 22.2. The van der Waals surface area contributed by atoms with Gasteiger partial charge in [-0.25, -0.2) is 4.68 Å². The lowest BCUT2D eigenvalue weighted by Gasteiger charge is -2.21. The van der Waals surface area contributed by atoms with Gasteiger partial charge in [-0.05, 0) is 54.7 Å². The van der Waals surface area contributed by atoms with E-state index in [2.05, 4.69) is 22.5 Å². The molecule has 0 saturated carbocycles. The van der Waals surface area contributed by atoms with Crippen LogP contribution in [0.4, 0.5) is 11.5 Å². The number of aromatic nitrogens is 2. The third-order valence-corrected chi connectivity index (χ3v) is 7.77. The summed E-state index contributed by atoms with van der Waals surface area (Å²) in [6.45, 7) is 1.66. The quantitative estimate of drug-likeness (QED) is 0.384. The second-order valence-electron chi connectivity index (χ2n) is 7.19. The number of benzene rings is 2. The van der Waals surface area contributed by atoms with Gasteiger partial charge >= 0.3 is 0 Å². The molecule has 10 heteroatoms. The van der Waals surface area contributed by atoms with Crippen molar-refractivity contribution in [1.29, 1.82) is 0 Å². The Hall–Kier alpha value is -2.98. The number of non-ortho nitro benzene ring substituents is 1. The van der Waals surface area contributed by atoms with Gasteiger partial charge in [0, 0.05) is 18.2 Å². The van der Waals surface area contributed by atoms with Crippen molar-refractivity contribution in [2.24, 2.45) is 0 Å². The molecule has 1 fully saturated rings. The molecule has 1 amide bonds. The number of nitro groups is 1. The van der Waals surface area contributed by atoms with Gasteiger partial charge in [0.15, 0.2) is 6.61 Å². The fraction of sp³-hybridized carbons (Fsp3) is 0.273. The molecule has 166 valence electrons. The van der Waals surface area contributed by atoms with Crippen LogP contribution < -0.4 is 10.1 Å². The second kappa shape index (κ2) is 10.1. The molecule has 1 saturated heterocycles. The van der Waals surface area contributed by atoms with E-state index in [4.69, 9.17) is 4.74 Å². The fourth-order valence-corrected chi connectivity index (χ4v) is 6.12. The summed E-state index contributed by atoms with van der Waals surface area (Å²) < 4.78 is 7.64. The van der Waals surface area contributed by atoms with Crippen LogP contribution in [0, 0.1) is 17.0 Å². The van der Waals surface area contributed by atoms with Crippen LogP contribution in [-0.4, -0.2) is 38.7 Å². The van der Waals surface area contributed by atoms with Crippen LogP contribution in [0.3, 0.4) is 0 Å². The second-order valence-corrected chi connectivity index (χ2v) is 9.91. The number of hydrogen-bond acceptors (Lipinski definition) is 7. The average Bonchev–Trinajstić information content (AvgIpc) is 3.18. The number of ether oxygens (including phenoxy) is 1. The Labute approximate surface area is 193 Å². The number of rotatable bonds is 7. The fourth-order valence-electron chi connectivity index (χ4n) is 3.23. The highest BCUT2D eigenvalue weighted by atomic mass is 32.2. The van der Waals surface area contributed by atoms with E-state index in [0.29, 0.717) is 27.5 Å². The Kier molecular flexibility index (Phi) is 7.01. The summed E-state index contributed by atoms with van der Waals surface area (Å²) in [4.78, 5) is 22.9. The van der Waals surface area contributed by atoms with Crippen LogP contribution in [0.15, 0.2) is 54.6 Å². The Balaban J connectivity index is 1.36. The minimum atomic E-state index is -0.461. The largest absolute Gasteiger partial charge is 0.484 e. The van der Waals surface area contributed by atoms with Gasteiger partial charge in [-0.3, -0.25) is 14.9 Å². The van der Waals surface area contributed by atoms with Crippen LogP contribution in [-0.2, 0) is 4.79 Å². The zero-order valence-electron chi connectivity index (χ0n) is 17.4. The molecule has 3 aromatic rings. The molecular weight excluding hydrogens is 448 g/mol. The first-order valence-electron chi connectivity index (χ1n) is 10.1. The molecule has 0 radical (unpaired) electrons. The monoisotopic (exact) mass is 470 g/mol. The third-order valence-electron chi connectivity index (χ3n) is 4.75. The van der Waals surface area contributed by atoms with Gasteiger partial charge in [-0.1, -0.05) is 12.1 Å². The molecule has 0 bridgehead atoms.